The highest BCUT2D eigenvalue weighted by Crippen LogP contribution is 2.23. The molecule has 0 unspecified atom stereocenters. The van der Waals surface area contributed by atoms with Gasteiger partial charge in [-0.3, -0.25) is 4.79 Å². The lowest BCUT2D eigenvalue weighted by Gasteiger charge is -2.01. The maximum atomic E-state index is 11.2. The van der Waals surface area contributed by atoms with E-state index in [0.29, 0.717) is 17.1 Å². The van der Waals surface area contributed by atoms with Gasteiger partial charge in [-0.15, -0.1) is 11.8 Å². The van der Waals surface area contributed by atoms with Crippen LogP contribution in [0.3, 0.4) is 0 Å². The van der Waals surface area contributed by atoms with Crippen LogP contribution >= 0.6 is 11.8 Å². The van der Waals surface area contributed by atoms with E-state index < -0.39 is 11.2 Å². The maximum Gasteiger partial charge on any atom is 0.226 e. The zero-order valence-corrected chi connectivity index (χ0v) is 10.1. The van der Waals surface area contributed by atoms with Crippen molar-refractivity contribution >= 4 is 11.8 Å². The quantitative estimate of drug-likeness (QED) is 0.857. The highest BCUT2D eigenvalue weighted by atomic mass is 32.2. The number of benzene rings is 1. The van der Waals surface area contributed by atoms with Gasteiger partial charge in [0.2, 0.25) is 5.43 Å². The largest absolute Gasteiger partial charge is 0.502 e. The van der Waals surface area contributed by atoms with Gasteiger partial charge in [0.1, 0.15) is 12.0 Å². The summed E-state index contributed by atoms with van der Waals surface area (Å²) in [6.45, 7) is 0. The number of nitrogens with zero attached hydrogens (tertiary/aromatic N) is 1. The van der Waals surface area contributed by atoms with E-state index in [1.165, 1.54) is 17.8 Å². The second-order valence-corrected chi connectivity index (χ2v) is 4.57. The summed E-state index contributed by atoms with van der Waals surface area (Å²) in [6, 6.07) is 10.5. The normalized spacial score (nSPS) is 9.94. The summed E-state index contributed by atoms with van der Waals surface area (Å²) >= 11 is 1.45. The Labute approximate surface area is 107 Å². The van der Waals surface area contributed by atoms with Gasteiger partial charge < -0.3 is 9.52 Å². The number of aromatic hydroxyl groups is 1. The second kappa shape index (κ2) is 5.43. The lowest BCUT2D eigenvalue weighted by molar-refractivity contribution is 0.419. The van der Waals surface area contributed by atoms with E-state index in [0.717, 1.165) is 11.2 Å². The molecule has 0 aliphatic carbocycles. The molecule has 0 bridgehead atoms. The zero-order chi connectivity index (χ0) is 13.0. The van der Waals surface area contributed by atoms with Crippen molar-refractivity contribution in [2.75, 3.05) is 0 Å². The molecule has 5 heteroatoms. The van der Waals surface area contributed by atoms with Crippen molar-refractivity contribution in [3.8, 4) is 11.8 Å². The fraction of sp³-hybridized carbons (Fsp3) is 0.0769. The van der Waals surface area contributed by atoms with Crippen LogP contribution in [0.2, 0.25) is 0 Å². The fourth-order valence-corrected chi connectivity index (χ4v) is 2.17. The van der Waals surface area contributed by atoms with Crippen LogP contribution in [0.1, 0.15) is 11.3 Å². The Balaban J connectivity index is 2.09. The molecule has 2 aromatic rings. The zero-order valence-electron chi connectivity index (χ0n) is 9.29. The van der Waals surface area contributed by atoms with Gasteiger partial charge in [0.05, 0.1) is 17.4 Å². The van der Waals surface area contributed by atoms with E-state index in [1.807, 2.05) is 6.07 Å². The summed E-state index contributed by atoms with van der Waals surface area (Å²) < 4.78 is 5.08. The van der Waals surface area contributed by atoms with Crippen LogP contribution in [0.15, 0.2) is 50.7 Å². The summed E-state index contributed by atoms with van der Waals surface area (Å²) in [5.74, 6) is 0.546. The van der Waals surface area contributed by atoms with Crippen molar-refractivity contribution in [2.24, 2.45) is 0 Å². The van der Waals surface area contributed by atoms with E-state index in [9.17, 15) is 4.79 Å². The average Bonchev–Trinajstić information content (AvgIpc) is 2.40. The molecule has 0 saturated carbocycles. The molecule has 0 amide bonds. The topological polar surface area (TPSA) is 74.2 Å². The Morgan fingerprint density at radius 3 is 2.94 bits per heavy atom. The van der Waals surface area contributed by atoms with Crippen LogP contribution < -0.4 is 5.43 Å². The predicted molar refractivity (Wildman–Crippen MR) is 67.4 cm³/mol. The molecule has 18 heavy (non-hydrogen) atoms. The van der Waals surface area contributed by atoms with Crippen molar-refractivity contribution in [2.45, 2.75) is 10.6 Å². The van der Waals surface area contributed by atoms with Crippen LogP contribution in [0, 0.1) is 11.3 Å². The third-order valence-electron chi connectivity index (χ3n) is 2.21. The Hall–Kier alpha value is -2.19. The molecule has 1 heterocycles. The van der Waals surface area contributed by atoms with Crippen molar-refractivity contribution in [3.63, 3.8) is 0 Å². The van der Waals surface area contributed by atoms with E-state index in [-0.39, 0.29) is 0 Å². The lowest BCUT2D eigenvalue weighted by atomic mass is 10.2. The minimum atomic E-state index is -0.456. The van der Waals surface area contributed by atoms with Crippen LogP contribution in [-0.2, 0) is 5.75 Å². The third kappa shape index (κ3) is 2.93. The third-order valence-corrected chi connectivity index (χ3v) is 3.23. The van der Waals surface area contributed by atoms with Gasteiger partial charge in [0.15, 0.2) is 5.75 Å². The van der Waals surface area contributed by atoms with Crippen molar-refractivity contribution in [3.05, 3.63) is 58.1 Å². The molecule has 4 nitrogen and oxygen atoms in total. The molecule has 1 aromatic heterocycles. The first-order valence-corrected chi connectivity index (χ1v) is 6.11. The lowest BCUT2D eigenvalue weighted by Crippen LogP contribution is -1.98. The SMILES string of the molecule is N#Cc1cccc(SCc2cc(=O)c(O)co2)c1. The van der Waals surface area contributed by atoms with Gasteiger partial charge in [-0.1, -0.05) is 6.07 Å². The molecule has 0 atom stereocenters. The maximum absolute atomic E-state index is 11.2. The molecule has 1 aromatic carbocycles. The molecule has 0 radical (unpaired) electrons. The van der Waals surface area contributed by atoms with Crippen molar-refractivity contribution in [1.82, 2.24) is 0 Å². The smallest absolute Gasteiger partial charge is 0.226 e. The first-order chi connectivity index (χ1) is 8.69. The predicted octanol–water partition coefficient (Wildman–Crippen LogP) is 2.51. The van der Waals surface area contributed by atoms with Crippen LogP contribution in [-0.4, -0.2) is 5.11 Å². The van der Waals surface area contributed by atoms with Gasteiger partial charge in [-0.25, -0.2) is 0 Å². The molecular weight excluding hydrogens is 250 g/mol. The Bertz CT molecular complexity index is 658. The number of thioether (sulfide) groups is 1. The van der Waals surface area contributed by atoms with Gasteiger partial charge in [-0.2, -0.15) is 5.26 Å². The van der Waals surface area contributed by atoms with Gasteiger partial charge in [0.25, 0.3) is 0 Å². The average molecular weight is 259 g/mol. The Morgan fingerprint density at radius 1 is 1.39 bits per heavy atom. The number of nitriles is 1. The van der Waals surface area contributed by atoms with Gasteiger partial charge in [-0.05, 0) is 18.2 Å². The first-order valence-electron chi connectivity index (χ1n) is 5.12. The molecule has 1 N–H and O–H groups in total. The van der Waals surface area contributed by atoms with Crippen molar-refractivity contribution < 1.29 is 9.52 Å². The molecule has 0 aliphatic heterocycles. The number of hydrogen-bond acceptors (Lipinski definition) is 5. The van der Waals surface area contributed by atoms with E-state index in [2.05, 4.69) is 6.07 Å². The Kier molecular flexibility index (Phi) is 3.70. The highest BCUT2D eigenvalue weighted by Gasteiger charge is 2.03. The van der Waals surface area contributed by atoms with E-state index >= 15 is 0 Å². The number of hydrogen-bond donors (Lipinski definition) is 1. The van der Waals surface area contributed by atoms with Crippen molar-refractivity contribution in [1.29, 1.82) is 5.26 Å². The van der Waals surface area contributed by atoms with Gasteiger partial charge in [0, 0.05) is 11.0 Å². The molecule has 90 valence electrons. The second-order valence-electron chi connectivity index (χ2n) is 3.52. The minimum absolute atomic E-state index is 0.393. The van der Waals surface area contributed by atoms with Crippen LogP contribution in [0.5, 0.6) is 5.75 Å². The molecule has 0 fully saturated rings. The molecule has 0 spiro atoms. The minimum Gasteiger partial charge on any atom is -0.502 e. The van der Waals surface area contributed by atoms with Gasteiger partial charge >= 0.3 is 0 Å². The van der Waals surface area contributed by atoms with Crippen LogP contribution in [0.4, 0.5) is 0 Å². The summed E-state index contributed by atoms with van der Waals surface area (Å²) in [6.07, 6.45) is 1.03. The summed E-state index contributed by atoms with van der Waals surface area (Å²) in [7, 11) is 0. The Morgan fingerprint density at radius 2 is 2.22 bits per heavy atom. The summed E-state index contributed by atoms with van der Waals surface area (Å²) in [5, 5.41) is 17.8. The summed E-state index contributed by atoms with van der Waals surface area (Å²) in [5.41, 5.74) is 0.134. The molecule has 2 rings (SSSR count). The molecular formula is C13H9NO3S. The summed E-state index contributed by atoms with van der Waals surface area (Å²) in [4.78, 5) is 12.1. The first kappa shape index (κ1) is 12.3. The molecule has 0 saturated heterocycles. The number of rotatable bonds is 3. The fourth-order valence-electron chi connectivity index (χ4n) is 1.33. The molecule has 0 aliphatic rings. The van der Waals surface area contributed by atoms with Crippen LogP contribution in [0.25, 0.3) is 0 Å². The highest BCUT2D eigenvalue weighted by molar-refractivity contribution is 7.98. The monoisotopic (exact) mass is 259 g/mol. The van der Waals surface area contributed by atoms with E-state index in [1.54, 1.807) is 18.2 Å². The standard InChI is InChI=1S/C13H9NO3S/c14-6-9-2-1-3-11(4-9)18-8-10-5-12(15)13(16)7-17-10/h1-5,7,16H,8H2. The van der Waals surface area contributed by atoms with E-state index in [4.69, 9.17) is 14.8 Å².